The molecular formula is C16H27ClN2O. The molecule has 1 unspecified atom stereocenters. The highest BCUT2D eigenvalue weighted by Crippen LogP contribution is 2.17. The molecule has 0 saturated carbocycles. The summed E-state index contributed by atoms with van der Waals surface area (Å²) in [6, 6.07) is 8.37. The van der Waals surface area contributed by atoms with Crippen LogP contribution in [0.15, 0.2) is 24.3 Å². The first-order valence-corrected chi connectivity index (χ1v) is 7.11. The number of carbonyl (C=O) groups is 1. The molecule has 0 spiro atoms. The van der Waals surface area contributed by atoms with E-state index in [0.717, 1.165) is 18.4 Å². The summed E-state index contributed by atoms with van der Waals surface area (Å²) in [5.41, 5.74) is 7.80. The van der Waals surface area contributed by atoms with Crippen molar-refractivity contribution in [3.8, 4) is 0 Å². The number of hydrogen-bond donors (Lipinski definition) is 2. The van der Waals surface area contributed by atoms with E-state index in [4.69, 9.17) is 5.73 Å². The highest BCUT2D eigenvalue weighted by atomic mass is 35.5. The minimum atomic E-state index is -0.106. The van der Waals surface area contributed by atoms with Crippen LogP contribution in [0.25, 0.3) is 0 Å². The molecule has 0 aromatic heterocycles. The van der Waals surface area contributed by atoms with Gasteiger partial charge in [0, 0.05) is 6.54 Å². The van der Waals surface area contributed by atoms with E-state index in [1.54, 1.807) is 0 Å². The molecule has 0 heterocycles. The van der Waals surface area contributed by atoms with E-state index in [1.807, 2.05) is 6.92 Å². The summed E-state index contributed by atoms with van der Waals surface area (Å²) in [5.74, 6) is 0.624. The van der Waals surface area contributed by atoms with Gasteiger partial charge in [0.25, 0.3) is 0 Å². The molecular weight excluding hydrogens is 272 g/mol. The van der Waals surface area contributed by atoms with Crippen LogP contribution >= 0.6 is 12.4 Å². The molecule has 1 aromatic rings. The van der Waals surface area contributed by atoms with Crippen molar-refractivity contribution in [1.82, 2.24) is 5.32 Å². The van der Waals surface area contributed by atoms with Gasteiger partial charge in [-0.15, -0.1) is 12.4 Å². The van der Waals surface area contributed by atoms with Gasteiger partial charge in [0.2, 0.25) is 5.91 Å². The number of nitrogens with two attached hydrogens (primary N) is 1. The van der Waals surface area contributed by atoms with E-state index >= 15 is 0 Å². The van der Waals surface area contributed by atoms with Gasteiger partial charge < -0.3 is 11.1 Å². The Balaban J connectivity index is 0.00000361. The van der Waals surface area contributed by atoms with Gasteiger partial charge in [-0.3, -0.25) is 4.79 Å². The summed E-state index contributed by atoms with van der Waals surface area (Å²) in [6.45, 7) is 7.63. The fourth-order valence-electron chi connectivity index (χ4n) is 2.03. The zero-order valence-electron chi connectivity index (χ0n) is 12.7. The van der Waals surface area contributed by atoms with Gasteiger partial charge >= 0.3 is 0 Å². The van der Waals surface area contributed by atoms with Crippen LogP contribution < -0.4 is 11.1 Å². The van der Waals surface area contributed by atoms with Crippen LogP contribution in [0.2, 0.25) is 0 Å². The zero-order valence-corrected chi connectivity index (χ0v) is 13.5. The van der Waals surface area contributed by atoms with E-state index < -0.39 is 0 Å². The van der Waals surface area contributed by atoms with Gasteiger partial charge in [0.05, 0.1) is 5.92 Å². The third-order valence-corrected chi connectivity index (χ3v) is 3.20. The fourth-order valence-corrected chi connectivity index (χ4v) is 2.03. The van der Waals surface area contributed by atoms with E-state index in [1.165, 1.54) is 5.56 Å². The Morgan fingerprint density at radius 1 is 1.20 bits per heavy atom. The maximum Gasteiger partial charge on any atom is 0.227 e. The highest BCUT2D eigenvalue weighted by Gasteiger charge is 2.14. The van der Waals surface area contributed by atoms with Crippen LogP contribution in [0.4, 0.5) is 0 Å². The number of rotatable bonds is 7. The van der Waals surface area contributed by atoms with Crippen molar-refractivity contribution in [2.24, 2.45) is 11.7 Å². The van der Waals surface area contributed by atoms with E-state index in [9.17, 15) is 4.79 Å². The number of hydrogen-bond acceptors (Lipinski definition) is 2. The molecule has 1 amide bonds. The topological polar surface area (TPSA) is 55.1 Å². The Kier molecular flexibility index (Phi) is 9.26. The largest absolute Gasteiger partial charge is 0.356 e. The second kappa shape index (κ2) is 9.78. The van der Waals surface area contributed by atoms with Crippen LogP contribution in [0.3, 0.4) is 0 Å². The summed E-state index contributed by atoms with van der Waals surface area (Å²) >= 11 is 0. The first-order valence-electron chi connectivity index (χ1n) is 7.11. The van der Waals surface area contributed by atoms with E-state index in [2.05, 4.69) is 43.4 Å². The van der Waals surface area contributed by atoms with Crippen molar-refractivity contribution in [2.45, 2.75) is 39.5 Å². The lowest BCUT2D eigenvalue weighted by Crippen LogP contribution is -2.29. The predicted octanol–water partition coefficient (Wildman–Crippen LogP) is 2.88. The second-order valence-electron chi connectivity index (χ2n) is 5.49. The van der Waals surface area contributed by atoms with E-state index in [0.29, 0.717) is 19.0 Å². The van der Waals surface area contributed by atoms with Crippen molar-refractivity contribution < 1.29 is 4.79 Å². The Morgan fingerprint density at radius 2 is 1.80 bits per heavy atom. The Morgan fingerprint density at radius 3 is 2.30 bits per heavy atom. The first kappa shape index (κ1) is 18.9. The summed E-state index contributed by atoms with van der Waals surface area (Å²) in [4.78, 5) is 11.9. The second-order valence-corrected chi connectivity index (χ2v) is 5.49. The number of nitrogens with one attached hydrogen (secondary N) is 1. The minimum Gasteiger partial charge on any atom is -0.356 e. The van der Waals surface area contributed by atoms with Gasteiger partial charge in [-0.05, 0) is 43.4 Å². The molecule has 0 aliphatic rings. The first-order chi connectivity index (χ1) is 9.04. The fraction of sp³-hybridized carbons (Fsp3) is 0.562. The van der Waals surface area contributed by atoms with Crippen molar-refractivity contribution in [2.75, 3.05) is 13.1 Å². The average Bonchev–Trinajstić information content (AvgIpc) is 2.38. The number of carbonyl (C=O) groups excluding carboxylic acids is 1. The van der Waals surface area contributed by atoms with Crippen molar-refractivity contribution in [3.63, 3.8) is 0 Å². The lowest BCUT2D eigenvalue weighted by molar-refractivity contribution is -0.122. The predicted molar refractivity (Wildman–Crippen MR) is 87.3 cm³/mol. The molecule has 0 saturated heterocycles. The smallest absolute Gasteiger partial charge is 0.227 e. The average molecular weight is 299 g/mol. The van der Waals surface area contributed by atoms with Crippen LogP contribution in [-0.2, 0) is 11.2 Å². The maximum atomic E-state index is 11.9. The zero-order chi connectivity index (χ0) is 14.3. The molecule has 1 rings (SSSR count). The third-order valence-electron chi connectivity index (χ3n) is 3.20. The normalized spacial score (nSPS) is 11.8. The molecule has 0 aliphatic heterocycles. The van der Waals surface area contributed by atoms with Gasteiger partial charge in [-0.2, -0.15) is 0 Å². The summed E-state index contributed by atoms with van der Waals surface area (Å²) in [5, 5.41) is 2.91. The standard InChI is InChI=1S/C16H26N2O.ClH/c1-12(2)11-14-5-7-15(8-6-14)13(3)16(19)18-10-4-9-17;/h5-8,12-13H,4,9-11,17H2,1-3H3,(H,18,19);1H. The Bertz CT molecular complexity index is 390. The highest BCUT2D eigenvalue weighted by molar-refractivity contribution is 5.85. The molecule has 3 nitrogen and oxygen atoms in total. The van der Waals surface area contributed by atoms with Gasteiger partial charge in [0.1, 0.15) is 0 Å². The third kappa shape index (κ3) is 6.40. The van der Waals surface area contributed by atoms with Crippen LogP contribution in [0.1, 0.15) is 44.2 Å². The molecule has 3 N–H and O–H groups in total. The molecule has 0 bridgehead atoms. The SMILES string of the molecule is CC(C)Cc1ccc(C(C)C(=O)NCCCN)cc1.Cl. The summed E-state index contributed by atoms with van der Waals surface area (Å²) in [7, 11) is 0. The Labute approximate surface area is 128 Å². The molecule has 0 aliphatic carbocycles. The van der Waals surface area contributed by atoms with Crippen molar-refractivity contribution in [3.05, 3.63) is 35.4 Å². The molecule has 1 atom stereocenters. The van der Waals surface area contributed by atoms with Crippen LogP contribution in [-0.4, -0.2) is 19.0 Å². The van der Waals surface area contributed by atoms with Crippen LogP contribution in [0, 0.1) is 5.92 Å². The maximum absolute atomic E-state index is 11.9. The van der Waals surface area contributed by atoms with Crippen molar-refractivity contribution in [1.29, 1.82) is 0 Å². The molecule has 1 aromatic carbocycles. The monoisotopic (exact) mass is 298 g/mol. The quantitative estimate of drug-likeness (QED) is 0.761. The number of amides is 1. The van der Waals surface area contributed by atoms with Crippen LogP contribution in [0.5, 0.6) is 0 Å². The molecule has 114 valence electrons. The summed E-state index contributed by atoms with van der Waals surface area (Å²) < 4.78 is 0. The number of benzene rings is 1. The van der Waals surface area contributed by atoms with E-state index in [-0.39, 0.29) is 24.2 Å². The molecule has 20 heavy (non-hydrogen) atoms. The van der Waals surface area contributed by atoms with Crippen molar-refractivity contribution >= 4 is 18.3 Å². The molecule has 0 fully saturated rings. The Hall–Kier alpha value is -1.06. The lowest BCUT2D eigenvalue weighted by atomic mass is 9.96. The molecule has 4 heteroatoms. The van der Waals surface area contributed by atoms with Gasteiger partial charge in [-0.1, -0.05) is 38.1 Å². The lowest BCUT2D eigenvalue weighted by Gasteiger charge is -2.13. The number of halogens is 1. The van der Waals surface area contributed by atoms with Gasteiger partial charge in [-0.25, -0.2) is 0 Å². The molecule has 0 radical (unpaired) electrons. The summed E-state index contributed by atoms with van der Waals surface area (Å²) in [6.07, 6.45) is 1.91. The minimum absolute atomic E-state index is 0. The van der Waals surface area contributed by atoms with Gasteiger partial charge in [0.15, 0.2) is 0 Å².